The molecule has 1 aliphatic heterocycles. The molecule has 0 spiro atoms. The van der Waals surface area contributed by atoms with Gasteiger partial charge in [-0.2, -0.15) is 0 Å². The Hall–Kier alpha value is -1.55. The van der Waals surface area contributed by atoms with Gasteiger partial charge in [0.15, 0.2) is 0 Å². The molecule has 0 aromatic heterocycles. The molecule has 2 atom stereocenters. The fourth-order valence-corrected chi connectivity index (χ4v) is 1.76. The minimum absolute atomic E-state index is 0.174. The van der Waals surface area contributed by atoms with Gasteiger partial charge in [0.25, 0.3) is 0 Å². The van der Waals surface area contributed by atoms with E-state index in [1.807, 2.05) is 25.1 Å². The van der Waals surface area contributed by atoms with Gasteiger partial charge in [0.05, 0.1) is 6.04 Å². The number of carbonyl (C=O) groups is 1. The Morgan fingerprint density at radius 1 is 1.62 bits per heavy atom. The Morgan fingerprint density at radius 2 is 2.38 bits per heavy atom. The van der Waals surface area contributed by atoms with Gasteiger partial charge in [-0.25, -0.2) is 0 Å². The largest absolute Gasteiger partial charge is 0.490 e. The predicted octanol–water partition coefficient (Wildman–Crippen LogP) is 1.30. The van der Waals surface area contributed by atoms with Gasteiger partial charge < -0.3 is 15.8 Å². The minimum atomic E-state index is -0.497. The summed E-state index contributed by atoms with van der Waals surface area (Å²) in [4.78, 5) is 11.4. The number of ether oxygens (including phenoxy) is 1. The van der Waals surface area contributed by atoms with Gasteiger partial charge >= 0.3 is 0 Å². The van der Waals surface area contributed by atoms with E-state index in [4.69, 9.17) is 10.5 Å². The zero-order valence-electron chi connectivity index (χ0n) is 9.49. The number of rotatable bonds is 2. The molecule has 4 heteroatoms. The van der Waals surface area contributed by atoms with E-state index in [0.29, 0.717) is 0 Å². The maximum atomic E-state index is 11.4. The quantitative estimate of drug-likeness (QED) is 0.789. The Bertz CT molecular complexity index is 415. The SMILES string of the molecule is CC1Cc2cc(NC(=O)[C@H](C)N)ccc2O1. The van der Waals surface area contributed by atoms with Crippen molar-refractivity contribution in [3.8, 4) is 5.75 Å². The number of carbonyl (C=O) groups excluding carboxylic acids is 1. The molecule has 2 rings (SSSR count). The van der Waals surface area contributed by atoms with Crippen molar-refractivity contribution in [1.82, 2.24) is 0 Å². The Morgan fingerprint density at radius 3 is 3.06 bits per heavy atom. The molecule has 3 N–H and O–H groups in total. The van der Waals surface area contributed by atoms with Crippen LogP contribution in [0.4, 0.5) is 5.69 Å². The second-order valence-electron chi connectivity index (χ2n) is 4.23. The van der Waals surface area contributed by atoms with Crippen LogP contribution in [0.3, 0.4) is 0 Å². The molecule has 0 saturated carbocycles. The van der Waals surface area contributed by atoms with Gasteiger partial charge in [0.2, 0.25) is 5.91 Å². The number of hydrogen-bond donors (Lipinski definition) is 2. The topological polar surface area (TPSA) is 64.4 Å². The van der Waals surface area contributed by atoms with Gasteiger partial charge in [0.1, 0.15) is 11.9 Å². The summed E-state index contributed by atoms with van der Waals surface area (Å²) in [7, 11) is 0. The number of anilines is 1. The fraction of sp³-hybridized carbons (Fsp3) is 0.417. The lowest BCUT2D eigenvalue weighted by Gasteiger charge is -2.08. The van der Waals surface area contributed by atoms with Gasteiger partial charge in [0, 0.05) is 12.1 Å². The fourth-order valence-electron chi connectivity index (χ4n) is 1.76. The van der Waals surface area contributed by atoms with Crippen molar-refractivity contribution < 1.29 is 9.53 Å². The van der Waals surface area contributed by atoms with Gasteiger partial charge in [-0.3, -0.25) is 4.79 Å². The van der Waals surface area contributed by atoms with E-state index in [9.17, 15) is 4.79 Å². The molecule has 1 unspecified atom stereocenters. The van der Waals surface area contributed by atoms with E-state index >= 15 is 0 Å². The number of nitrogens with two attached hydrogens (primary N) is 1. The summed E-state index contributed by atoms with van der Waals surface area (Å²) in [6.45, 7) is 3.69. The summed E-state index contributed by atoms with van der Waals surface area (Å²) in [6, 6.07) is 5.16. The standard InChI is InChI=1S/C12H16N2O2/c1-7-5-9-6-10(3-4-11(9)16-7)14-12(15)8(2)13/h3-4,6-8H,5,13H2,1-2H3,(H,14,15)/t7?,8-/m0/s1. The third-order valence-electron chi connectivity index (χ3n) is 2.58. The lowest BCUT2D eigenvalue weighted by Crippen LogP contribution is -2.32. The summed E-state index contributed by atoms with van der Waals surface area (Å²) in [6.07, 6.45) is 1.10. The van der Waals surface area contributed by atoms with Gasteiger partial charge in [-0.05, 0) is 37.6 Å². The maximum Gasteiger partial charge on any atom is 0.240 e. The highest BCUT2D eigenvalue weighted by Gasteiger charge is 2.19. The van der Waals surface area contributed by atoms with Crippen molar-refractivity contribution in [2.75, 3.05) is 5.32 Å². The Kier molecular flexibility index (Phi) is 2.83. The first-order valence-electron chi connectivity index (χ1n) is 5.42. The average molecular weight is 220 g/mol. The highest BCUT2D eigenvalue weighted by atomic mass is 16.5. The smallest absolute Gasteiger partial charge is 0.240 e. The molecule has 0 bridgehead atoms. The first kappa shape index (κ1) is 11.0. The van der Waals surface area contributed by atoms with E-state index in [-0.39, 0.29) is 12.0 Å². The van der Waals surface area contributed by atoms with E-state index < -0.39 is 6.04 Å². The monoisotopic (exact) mass is 220 g/mol. The summed E-state index contributed by atoms with van der Waals surface area (Å²) in [5.41, 5.74) is 7.39. The third kappa shape index (κ3) is 2.17. The van der Waals surface area contributed by atoms with Crippen LogP contribution in [-0.2, 0) is 11.2 Å². The molecule has 1 amide bonds. The van der Waals surface area contributed by atoms with Crippen LogP contribution in [0.5, 0.6) is 5.75 Å². The van der Waals surface area contributed by atoms with Crippen molar-refractivity contribution >= 4 is 11.6 Å². The summed E-state index contributed by atoms with van der Waals surface area (Å²) in [5.74, 6) is 0.734. The predicted molar refractivity (Wildman–Crippen MR) is 62.5 cm³/mol. The molecule has 1 aromatic rings. The molecule has 1 aliphatic rings. The first-order chi connectivity index (χ1) is 7.56. The zero-order valence-corrected chi connectivity index (χ0v) is 9.49. The normalized spacial score (nSPS) is 19.8. The van der Waals surface area contributed by atoms with Crippen LogP contribution in [0.15, 0.2) is 18.2 Å². The van der Waals surface area contributed by atoms with Crippen LogP contribution >= 0.6 is 0 Å². The van der Waals surface area contributed by atoms with Crippen LogP contribution in [0, 0.1) is 0 Å². The number of hydrogen-bond acceptors (Lipinski definition) is 3. The van der Waals surface area contributed by atoms with Crippen molar-refractivity contribution in [1.29, 1.82) is 0 Å². The molecule has 1 aromatic carbocycles. The van der Waals surface area contributed by atoms with Crippen LogP contribution in [0.25, 0.3) is 0 Å². The number of nitrogens with one attached hydrogen (secondary N) is 1. The van der Waals surface area contributed by atoms with Crippen LogP contribution in [-0.4, -0.2) is 18.1 Å². The van der Waals surface area contributed by atoms with Crippen LogP contribution < -0.4 is 15.8 Å². The summed E-state index contributed by atoms with van der Waals surface area (Å²) < 4.78 is 5.58. The molecule has 0 radical (unpaired) electrons. The second kappa shape index (κ2) is 4.14. The van der Waals surface area contributed by atoms with E-state index in [1.54, 1.807) is 6.92 Å². The van der Waals surface area contributed by atoms with Crippen LogP contribution in [0.1, 0.15) is 19.4 Å². The van der Waals surface area contributed by atoms with E-state index in [1.165, 1.54) is 0 Å². The van der Waals surface area contributed by atoms with Crippen molar-refractivity contribution in [3.63, 3.8) is 0 Å². The highest BCUT2D eigenvalue weighted by Crippen LogP contribution is 2.30. The molecule has 1 heterocycles. The lowest BCUT2D eigenvalue weighted by molar-refractivity contribution is -0.117. The maximum absolute atomic E-state index is 11.4. The second-order valence-corrected chi connectivity index (χ2v) is 4.23. The molecule has 0 fully saturated rings. The average Bonchev–Trinajstić information content (AvgIpc) is 2.57. The molecule has 0 aliphatic carbocycles. The number of fused-ring (bicyclic) bond motifs is 1. The summed E-state index contributed by atoms with van der Waals surface area (Å²) >= 11 is 0. The Balaban J connectivity index is 2.14. The zero-order chi connectivity index (χ0) is 11.7. The molecular formula is C12H16N2O2. The van der Waals surface area contributed by atoms with Gasteiger partial charge in [-0.15, -0.1) is 0 Å². The third-order valence-corrected chi connectivity index (χ3v) is 2.58. The molecule has 4 nitrogen and oxygen atoms in total. The number of benzene rings is 1. The number of amides is 1. The molecule has 86 valence electrons. The molecular weight excluding hydrogens is 204 g/mol. The molecule has 16 heavy (non-hydrogen) atoms. The van der Waals surface area contributed by atoms with Crippen LogP contribution in [0.2, 0.25) is 0 Å². The van der Waals surface area contributed by atoms with Gasteiger partial charge in [-0.1, -0.05) is 0 Å². The van der Waals surface area contributed by atoms with E-state index in [0.717, 1.165) is 23.4 Å². The highest BCUT2D eigenvalue weighted by molar-refractivity contribution is 5.94. The van der Waals surface area contributed by atoms with Crippen molar-refractivity contribution in [2.24, 2.45) is 5.73 Å². The van der Waals surface area contributed by atoms with E-state index in [2.05, 4.69) is 5.32 Å². The van der Waals surface area contributed by atoms with Crippen molar-refractivity contribution in [2.45, 2.75) is 32.4 Å². The summed E-state index contributed by atoms with van der Waals surface area (Å²) in [5, 5.41) is 2.77. The first-order valence-corrected chi connectivity index (χ1v) is 5.42. The minimum Gasteiger partial charge on any atom is -0.490 e. The van der Waals surface area contributed by atoms with Crippen molar-refractivity contribution in [3.05, 3.63) is 23.8 Å². The Labute approximate surface area is 94.8 Å². The molecule has 0 saturated heterocycles. The lowest BCUT2D eigenvalue weighted by atomic mass is 10.1.